The van der Waals surface area contributed by atoms with Crippen LogP contribution in [0.5, 0.6) is 0 Å². The SMILES string of the molecule is [Fe+2].[O]=[Sn]([O-])[O-]. The maximum atomic E-state index is 8.61. The van der Waals surface area contributed by atoms with Crippen molar-refractivity contribution in [1.82, 2.24) is 0 Å². The van der Waals surface area contributed by atoms with Gasteiger partial charge in [0.2, 0.25) is 0 Å². The molecular formula is FeO3Sn. The van der Waals surface area contributed by atoms with Crippen LogP contribution in [-0.4, -0.2) is 20.6 Å². The third-order valence-electron chi connectivity index (χ3n) is 0. The summed E-state index contributed by atoms with van der Waals surface area (Å²) in [5, 5.41) is 0. The molecule has 0 aliphatic carbocycles. The number of rotatable bonds is 0. The van der Waals surface area contributed by atoms with Crippen LogP contribution in [0.1, 0.15) is 0 Å². The molecule has 0 aliphatic heterocycles. The van der Waals surface area contributed by atoms with Crippen molar-refractivity contribution in [2.45, 2.75) is 0 Å². The van der Waals surface area contributed by atoms with E-state index in [1.807, 2.05) is 0 Å². The van der Waals surface area contributed by atoms with E-state index >= 15 is 0 Å². The van der Waals surface area contributed by atoms with E-state index in [9.17, 15) is 0 Å². The minimum atomic E-state index is -4.29. The zero-order valence-electron chi connectivity index (χ0n) is 2.08. The molecule has 0 N–H and O–H groups in total. The molecule has 5 heteroatoms. The van der Waals surface area contributed by atoms with Crippen LogP contribution >= 0.6 is 0 Å². The summed E-state index contributed by atoms with van der Waals surface area (Å²) in [5.74, 6) is 0. The molecule has 0 saturated carbocycles. The van der Waals surface area contributed by atoms with Gasteiger partial charge >= 0.3 is 47.6 Å². The van der Waals surface area contributed by atoms with Crippen LogP contribution in [0.3, 0.4) is 0 Å². The first-order valence-electron chi connectivity index (χ1n) is 0.612. The van der Waals surface area contributed by atoms with Gasteiger partial charge in [0.15, 0.2) is 0 Å². The summed E-state index contributed by atoms with van der Waals surface area (Å²) in [4.78, 5) is 0. The number of hydrogen-bond acceptors (Lipinski definition) is 3. The Morgan fingerprint density at radius 1 is 1.40 bits per heavy atom. The van der Waals surface area contributed by atoms with E-state index in [0.717, 1.165) is 0 Å². The van der Waals surface area contributed by atoms with Crippen LogP contribution in [0.2, 0.25) is 0 Å². The molecule has 0 unspecified atom stereocenters. The Morgan fingerprint density at radius 3 is 1.40 bits per heavy atom. The molecule has 0 aromatic carbocycles. The van der Waals surface area contributed by atoms with Crippen LogP contribution in [-0.2, 0) is 20.1 Å². The summed E-state index contributed by atoms with van der Waals surface area (Å²) in [5.41, 5.74) is 0. The fourth-order valence-electron chi connectivity index (χ4n) is 0. The van der Waals surface area contributed by atoms with Gasteiger partial charge in [-0.1, -0.05) is 0 Å². The summed E-state index contributed by atoms with van der Waals surface area (Å²) >= 11 is -4.29. The molecule has 0 rings (SSSR count). The zero-order chi connectivity index (χ0) is 3.58. The molecule has 30 valence electrons. The molecular weight excluding hydrogens is 223 g/mol. The van der Waals surface area contributed by atoms with Crippen molar-refractivity contribution in [2.24, 2.45) is 0 Å². The topological polar surface area (TPSA) is 63.2 Å². The first-order valence-corrected chi connectivity index (χ1v) is 4.11. The fraction of sp³-hybridized carbons (Fsp3) is 0. The average Bonchev–Trinajstić information content (AvgIpc) is 0.811. The molecule has 0 amide bonds. The zero-order valence-corrected chi connectivity index (χ0v) is 6.04. The van der Waals surface area contributed by atoms with Crippen molar-refractivity contribution in [3.63, 3.8) is 0 Å². The quantitative estimate of drug-likeness (QED) is 0.414. The van der Waals surface area contributed by atoms with Crippen molar-refractivity contribution >= 4 is 20.6 Å². The molecule has 3 nitrogen and oxygen atoms in total. The Kier molecular flexibility index (Phi) is 9.47. The summed E-state index contributed by atoms with van der Waals surface area (Å²) in [7, 11) is 0. The van der Waals surface area contributed by atoms with E-state index in [2.05, 4.69) is 0 Å². The fourth-order valence-corrected chi connectivity index (χ4v) is 0. The summed E-state index contributed by atoms with van der Waals surface area (Å²) < 4.78 is 25.8. The van der Waals surface area contributed by atoms with Gasteiger partial charge in [-0.2, -0.15) is 0 Å². The van der Waals surface area contributed by atoms with Gasteiger partial charge in [0, 0.05) is 0 Å². The summed E-state index contributed by atoms with van der Waals surface area (Å²) in [6, 6.07) is 0. The van der Waals surface area contributed by atoms with E-state index in [1.54, 1.807) is 0 Å². The second-order valence-corrected chi connectivity index (χ2v) is 1.68. The minimum absolute atomic E-state index is 0. The van der Waals surface area contributed by atoms with Crippen LogP contribution in [0.4, 0.5) is 0 Å². The van der Waals surface area contributed by atoms with Crippen LogP contribution < -0.4 is 6.89 Å². The van der Waals surface area contributed by atoms with E-state index in [1.165, 1.54) is 0 Å². The molecule has 0 aliphatic rings. The van der Waals surface area contributed by atoms with Gasteiger partial charge in [0.1, 0.15) is 0 Å². The van der Waals surface area contributed by atoms with Crippen molar-refractivity contribution in [3.8, 4) is 0 Å². The van der Waals surface area contributed by atoms with E-state index < -0.39 is 20.6 Å². The summed E-state index contributed by atoms with van der Waals surface area (Å²) in [6.07, 6.45) is 0. The van der Waals surface area contributed by atoms with E-state index in [-0.39, 0.29) is 17.1 Å². The van der Waals surface area contributed by atoms with Gasteiger partial charge in [-0.15, -0.1) is 0 Å². The van der Waals surface area contributed by atoms with E-state index in [0.29, 0.717) is 0 Å². The van der Waals surface area contributed by atoms with Crippen LogP contribution in [0, 0.1) is 0 Å². The first kappa shape index (κ1) is 9.40. The summed E-state index contributed by atoms with van der Waals surface area (Å²) in [6.45, 7) is 0. The molecule has 0 fully saturated rings. The molecule has 0 bridgehead atoms. The Balaban J connectivity index is 0. The van der Waals surface area contributed by atoms with Crippen molar-refractivity contribution in [3.05, 3.63) is 0 Å². The molecule has 0 aromatic heterocycles. The molecule has 0 aromatic rings. The molecule has 0 saturated heterocycles. The van der Waals surface area contributed by atoms with Gasteiger partial charge < -0.3 is 0 Å². The third kappa shape index (κ3) is 43.1. The van der Waals surface area contributed by atoms with Gasteiger partial charge in [-0.25, -0.2) is 0 Å². The maximum absolute atomic E-state index is 8.61. The Labute approximate surface area is 47.7 Å². The molecule has 5 heavy (non-hydrogen) atoms. The first-order chi connectivity index (χ1) is 1.73. The Hall–Kier alpha value is 1.04. The van der Waals surface area contributed by atoms with Gasteiger partial charge in [0.25, 0.3) is 0 Å². The van der Waals surface area contributed by atoms with Crippen LogP contribution in [0.15, 0.2) is 0 Å². The standard InChI is InChI=1S/Fe.3O.Sn/q+2;;2*-1;. The monoisotopic (exact) mass is 224 g/mol. The Morgan fingerprint density at radius 2 is 1.40 bits per heavy atom. The van der Waals surface area contributed by atoms with Gasteiger partial charge in [-0.3, -0.25) is 0 Å². The predicted octanol–water partition coefficient (Wildman–Crippen LogP) is -2.88. The number of hydrogen-bond donors (Lipinski definition) is 0. The van der Waals surface area contributed by atoms with E-state index in [4.69, 9.17) is 9.96 Å². The predicted molar refractivity (Wildman–Crippen MR) is 6.44 cm³/mol. The average molecular weight is 223 g/mol. The normalized spacial score (nSPS) is 5.20. The van der Waals surface area contributed by atoms with Crippen molar-refractivity contribution in [1.29, 1.82) is 0 Å². The van der Waals surface area contributed by atoms with Gasteiger partial charge in [0.05, 0.1) is 0 Å². The second-order valence-electron chi connectivity index (χ2n) is 0.250. The van der Waals surface area contributed by atoms with Crippen LogP contribution in [0.25, 0.3) is 0 Å². The van der Waals surface area contributed by atoms with Crippen molar-refractivity contribution in [2.75, 3.05) is 0 Å². The second kappa shape index (κ2) is 5.04. The molecule has 0 radical (unpaired) electrons. The van der Waals surface area contributed by atoms with Gasteiger partial charge in [-0.05, 0) is 0 Å². The van der Waals surface area contributed by atoms with Crippen molar-refractivity contribution < 1.29 is 27.0 Å². The third-order valence-corrected chi connectivity index (χ3v) is 0. The molecule has 0 spiro atoms. The molecule has 0 atom stereocenters. The molecule has 0 heterocycles. The Bertz CT molecular complexity index is 29.9.